The van der Waals surface area contributed by atoms with Crippen LogP contribution in [0.1, 0.15) is 12.0 Å². The Bertz CT molecular complexity index is 432. The van der Waals surface area contributed by atoms with E-state index in [0.717, 1.165) is 25.2 Å². The standard InChI is InChI=1S/C12H11FN2/c13-11-4-5-12(10(8-11)9-14)15-6-2-1-3-7-15/h1-2,4-5,8H,3,6-7H2. The van der Waals surface area contributed by atoms with Gasteiger partial charge in [0.05, 0.1) is 11.3 Å². The van der Waals surface area contributed by atoms with Gasteiger partial charge in [-0.15, -0.1) is 0 Å². The van der Waals surface area contributed by atoms with E-state index < -0.39 is 0 Å². The van der Waals surface area contributed by atoms with Crippen LogP contribution in [0.4, 0.5) is 10.1 Å². The number of halogens is 1. The van der Waals surface area contributed by atoms with Crippen molar-refractivity contribution in [2.75, 3.05) is 18.0 Å². The number of benzene rings is 1. The maximum absolute atomic E-state index is 12.9. The highest BCUT2D eigenvalue weighted by Crippen LogP contribution is 2.22. The van der Waals surface area contributed by atoms with Crippen LogP contribution in [0.3, 0.4) is 0 Å². The van der Waals surface area contributed by atoms with Gasteiger partial charge in [0.25, 0.3) is 0 Å². The SMILES string of the molecule is N#Cc1cc(F)ccc1N1CC=CCC1. The van der Waals surface area contributed by atoms with Gasteiger partial charge < -0.3 is 4.90 Å². The van der Waals surface area contributed by atoms with Gasteiger partial charge in [-0.2, -0.15) is 5.26 Å². The van der Waals surface area contributed by atoms with Crippen LogP contribution in [-0.4, -0.2) is 13.1 Å². The molecule has 0 atom stereocenters. The third-order valence-electron chi connectivity index (χ3n) is 2.48. The van der Waals surface area contributed by atoms with Crippen LogP contribution in [0.5, 0.6) is 0 Å². The third-order valence-corrected chi connectivity index (χ3v) is 2.48. The minimum Gasteiger partial charge on any atom is -0.366 e. The Kier molecular flexibility index (Phi) is 2.68. The zero-order valence-corrected chi connectivity index (χ0v) is 8.28. The van der Waals surface area contributed by atoms with Gasteiger partial charge in [0.1, 0.15) is 11.9 Å². The summed E-state index contributed by atoms with van der Waals surface area (Å²) in [6.07, 6.45) is 5.16. The van der Waals surface area contributed by atoms with E-state index in [2.05, 4.69) is 17.1 Å². The van der Waals surface area contributed by atoms with Gasteiger partial charge in [-0.25, -0.2) is 4.39 Å². The molecule has 2 nitrogen and oxygen atoms in total. The number of anilines is 1. The van der Waals surface area contributed by atoms with Crippen molar-refractivity contribution in [3.8, 4) is 6.07 Å². The number of nitrogens with zero attached hydrogens (tertiary/aromatic N) is 2. The van der Waals surface area contributed by atoms with Gasteiger partial charge in [-0.05, 0) is 24.6 Å². The fourth-order valence-corrected chi connectivity index (χ4v) is 1.73. The molecule has 0 spiro atoms. The normalized spacial score (nSPS) is 15.1. The van der Waals surface area contributed by atoms with Gasteiger partial charge in [0.2, 0.25) is 0 Å². The Morgan fingerprint density at radius 2 is 2.20 bits per heavy atom. The van der Waals surface area contributed by atoms with Crippen LogP contribution in [0.2, 0.25) is 0 Å². The topological polar surface area (TPSA) is 27.0 Å². The Hall–Kier alpha value is -1.82. The van der Waals surface area contributed by atoms with Gasteiger partial charge in [-0.3, -0.25) is 0 Å². The van der Waals surface area contributed by atoms with Crippen LogP contribution >= 0.6 is 0 Å². The molecular weight excluding hydrogens is 191 g/mol. The molecule has 1 heterocycles. The summed E-state index contributed by atoms with van der Waals surface area (Å²) in [4.78, 5) is 2.08. The predicted octanol–water partition coefficient (Wildman–Crippen LogP) is 2.46. The number of nitriles is 1. The maximum atomic E-state index is 12.9. The van der Waals surface area contributed by atoms with Gasteiger partial charge >= 0.3 is 0 Å². The van der Waals surface area contributed by atoms with Crippen molar-refractivity contribution in [1.82, 2.24) is 0 Å². The molecule has 15 heavy (non-hydrogen) atoms. The minimum absolute atomic E-state index is 0.358. The van der Waals surface area contributed by atoms with Crippen LogP contribution in [-0.2, 0) is 0 Å². The number of hydrogen-bond acceptors (Lipinski definition) is 2. The minimum atomic E-state index is -0.358. The summed E-state index contributed by atoms with van der Waals surface area (Å²) < 4.78 is 12.9. The fourth-order valence-electron chi connectivity index (χ4n) is 1.73. The van der Waals surface area contributed by atoms with Crippen molar-refractivity contribution in [2.24, 2.45) is 0 Å². The Morgan fingerprint density at radius 1 is 1.33 bits per heavy atom. The molecule has 3 heteroatoms. The largest absolute Gasteiger partial charge is 0.366 e. The molecule has 0 unspecified atom stereocenters. The van der Waals surface area contributed by atoms with Crippen LogP contribution in [0.25, 0.3) is 0 Å². The van der Waals surface area contributed by atoms with Crippen LogP contribution in [0.15, 0.2) is 30.4 Å². The maximum Gasteiger partial charge on any atom is 0.124 e. The highest BCUT2D eigenvalue weighted by molar-refractivity contribution is 5.60. The third kappa shape index (κ3) is 1.99. The smallest absolute Gasteiger partial charge is 0.124 e. The average molecular weight is 202 g/mol. The lowest BCUT2D eigenvalue weighted by molar-refractivity contribution is 0.627. The highest BCUT2D eigenvalue weighted by Gasteiger charge is 2.12. The van der Waals surface area contributed by atoms with E-state index in [1.54, 1.807) is 6.07 Å². The van der Waals surface area contributed by atoms with Crippen molar-refractivity contribution in [3.63, 3.8) is 0 Å². The first kappa shape index (κ1) is 9.72. The van der Waals surface area contributed by atoms with Gasteiger partial charge in [0.15, 0.2) is 0 Å². The molecule has 0 radical (unpaired) electrons. The van der Waals surface area contributed by atoms with Crippen molar-refractivity contribution < 1.29 is 4.39 Å². The molecule has 1 aliphatic heterocycles. The summed E-state index contributed by atoms with van der Waals surface area (Å²) >= 11 is 0. The first-order chi connectivity index (χ1) is 7.31. The second kappa shape index (κ2) is 4.14. The fraction of sp³-hybridized carbons (Fsp3) is 0.250. The van der Waals surface area contributed by atoms with Crippen LogP contribution in [0, 0.1) is 17.1 Å². The van der Waals surface area contributed by atoms with Crippen molar-refractivity contribution in [1.29, 1.82) is 5.26 Å². The van der Waals surface area contributed by atoms with E-state index in [4.69, 9.17) is 5.26 Å². The van der Waals surface area contributed by atoms with E-state index >= 15 is 0 Å². The lowest BCUT2D eigenvalue weighted by Gasteiger charge is -2.26. The lowest BCUT2D eigenvalue weighted by Crippen LogP contribution is -2.27. The molecule has 76 valence electrons. The number of hydrogen-bond donors (Lipinski definition) is 0. The van der Waals surface area contributed by atoms with E-state index in [1.807, 2.05) is 6.07 Å². The van der Waals surface area contributed by atoms with E-state index in [1.165, 1.54) is 12.1 Å². The highest BCUT2D eigenvalue weighted by atomic mass is 19.1. The molecule has 2 rings (SSSR count). The molecule has 0 amide bonds. The lowest BCUT2D eigenvalue weighted by atomic mass is 10.1. The predicted molar refractivity (Wildman–Crippen MR) is 57.1 cm³/mol. The summed E-state index contributed by atoms with van der Waals surface area (Å²) in [5, 5.41) is 8.91. The Morgan fingerprint density at radius 3 is 2.87 bits per heavy atom. The quantitative estimate of drug-likeness (QED) is 0.654. The second-order valence-corrected chi connectivity index (χ2v) is 3.48. The summed E-state index contributed by atoms with van der Waals surface area (Å²) in [5.74, 6) is -0.358. The van der Waals surface area contributed by atoms with Crippen molar-refractivity contribution in [2.45, 2.75) is 6.42 Å². The van der Waals surface area contributed by atoms with Crippen molar-refractivity contribution >= 4 is 5.69 Å². The zero-order chi connectivity index (χ0) is 10.7. The average Bonchev–Trinajstić information content (AvgIpc) is 2.30. The molecule has 0 fully saturated rings. The van der Waals surface area contributed by atoms with E-state index in [9.17, 15) is 4.39 Å². The molecule has 0 bridgehead atoms. The monoisotopic (exact) mass is 202 g/mol. The zero-order valence-electron chi connectivity index (χ0n) is 8.28. The van der Waals surface area contributed by atoms with E-state index in [0.29, 0.717) is 5.56 Å². The summed E-state index contributed by atoms with van der Waals surface area (Å²) in [6.45, 7) is 1.68. The van der Waals surface area contributed by atoms with Gasteiger partial charge in [-0.1, -0.05) is 12.2 Å². The number of rotatable bonds is 1. The van der Waals surface area contributed by atoms with Crippen LogP contribution < -0.4 is 4.90 Å². The van der Waals surface area contributed by atoms with Crippen molar-refractivity contribution in [3.05, 3.63) is 41.7 Å². The first-order valence-electron chi connectivity index (χ1n) is 4.91. The summed E-state index contributed by atoms with van der Waals surface area (Å²) in [7, 11) is 0. The molecule has 0 aliphatic carbocycles. The molecule has 0 saturated carbocycles. The Balaban J connectivity index is 2.35. The summed E-state index contributed by atoms with van der Waals surface area (Å²) in [6, 6.07) is 6.38. The molecule has 0 N–H and O–H groups in total. The first-order valence-corrected chi connectivity index (χ1v) is 4.91. The summed E-state index contributed by atoms with van der Waals surface area (Å²) in [5.41, 5.74) is 1.23. The van der Waals surface area contributed by atoms with Gasteiger partial charge in [0, 0.05) is 13.1 Å². The molecule has 1 aromatic carbocycles. The second-order valence-electron chi connectivity index (χ2n) is 3.48. The molecule has 1 aromatic rings. The molecule has 1 aliphatic rings. The molecule has 0 aromatic heterocycles. The molecular formula is C12H11FN2. The van der Waals surface area contributed by atoms with E-state index in [-0.39, 0.29) is 5.82 Å². The molecule has 0 saturated heterocycles. The Labute approximate surface area is 88.2 Å².